The first-order chi connectivity index (χ1) is 9.18. The topological polar surface area (TPSA) is 29.5 Å². The Hall–Kier alpha value is -1.49. The van der Waals surface area contributed by atoms with Gasteiger partial charge in [-0.05, 0) is 31.4 Å². The van der Waals surface area contributed by atoms with Gasteiger partial charge in [0, 0.05) is 6.54 Å². The fourth-order valence-electron chi connectivity index (χ4n) is 3.00. The lowest BCUT2D eigenvalue weighted by atomic mass is 10.1. The van der Waals surface area contributed by atoms with Crippen LogP contribution in [-0.2, 0) is 4.74 Å². The molecular formula is C14H15F2NO2. The summed E-state index contributed by atoms with van der Waals surface area (Å²) in [6.45, 7) is 0.903. The van der Waals surface area contributed by atoms with E-state index in [4.69, 9.17) is 4.74 Å². The standard InChI is InChI=1S/C14H15F2NO2/c15-10-4-1-3-9(13(10)16)14(18)17-7-8-19-12-6-2-5-11(12)17/h1,3-4,11-12H,2,5-8H2. The Kier molecular flexibility index (Phi) is 3.22. The van der Waals surface area contributed by atoms with Crippen LogP contribution in [0.5, 0.6) is 0 Å². The number of carbonyl (C=O) groups is 1. The Morgan fingerprint density at radius 3 is 3.00 bits per heavy atom. The third-order valence-electron chi connectivity index (χ3n) is 3.93. The van der Waals surface area contributed by atoms with Gasteiger partial charge in [-0.1, -0.05) is 6.07 Å². The molecular weight excluding hydrogens is 252 g/mol. The predicted molar refractivity (Wildman–Crippen MR) is 64.8 cm³/mol. The van der Waals surface area contributed by atoms with Crippen molar-refractivity contribution in [3.05, 3.63) is 35.4 Å². The summed E-state index contributed by atoms with van der Waals surface area (Å²) in [7, 11) is 0. The molecule has 5 heteroatoms. The summed E-state index contributed by atoms with van der Waals surface area (Å²) in [6, 6.07) is 3.71. The van der Waals surface area contributed by atoms with E-state index in [0.29, 0.717) is 13.2 Å². The van der Waals surface area contributed by atoms with Gasteiger partial charge in [-0.25, -0.2) is 8.78 Å². The molecule has 0 bridgehead atoms. The Morgan fingerprint density at radius 2 is 2.16 bits per heavy atom. The number of hydrogen-bond acceptors (Lipinski definition) is 2. The zero-order valence-electron chi connectivity index (χ0n) is 10.4. The zero-order valence-corrected chi connectivity index (χ0v) is 10.4. The molecule has 0 radical (unpaired) electrons. The summed E-state index contributed by atoms with van der Waals surface area (Å²) in [5.74, 6) is -2.48. The molecule has 0 N–H and O–H groups in total. The van der Waals surface area contributed by atoms with Crippen molar-refractivity contribution in [3.8, 4) is 0 Å². The minimum Gasteiger partial charge on any atom is -0.374 e. The van der Waals surface area contributed by atoms with Gasteiger partial charge >= 0.3 is 0 Å². The average Bonchev–Trinajstić information content (AvgIpc) is 2.89. The minimum atomic E-state index is -1.06. The van der Waals surface area contributed by atoms with Crippen molar-refractivity contribution in [2.24, 2.45) is 0 Å². The first kappa shape index (κ1) is 12.5. The third-order valence-corrected chi connectivity index (χ3v) is 3.93. The van der Waals surface area contributed by atoms with Crippen molar-refractivity contribution in [1.29, 1.82) is 0 Å². The van der Waals surface area contributed by atoms with Crippen LogP contribution in [0.15, 0.2) is 18.2 Å². The van der Waals surface area contributed by atoms with Crippen LogP contribution in [0.1, 0.15) is 29.6 Å². The lowest BCUT2D eigenvalue weighted by Gasteiger charge is -2.37. The maximum atomic E-state index is 13.7. The number of carbonyl (C=O) groups excluding carboxylic acids is 1. The second-order valence-corrected chi connectivity index (χ2v) is 5.01. The highest BCUT2D eigenvalue weighted by atomic mass is 19.2. The number of nitrogens with zero attached hydrogens (tertiary/aromatic N) is 1. The maximum absolute atomic E-state index is 13.7. The molecule has 1 saturated carbocycles. The van der Waals surface area contributed by atoms with Gasteiger partial charge in [0.15, 0.2) is 11.6 Å². The molecule has 2 fully saturated rings. The molecule has 1 aromatic rings. The van der Waals surface area contributed by atoms with E-state index in [1.165, 1.54) is 12.1 Å². The van der Waals surface area contributed by atoms with Crippen LogP contribution >= 0.6 is 0 Å². The van der Waals surface area contributed by atoms with E-state index in [9.17, 15) is 13.6 Å². The summed E-state index contributed by atoms with van der Waals surface area (Å²) >= 11 is 0. The number of ether oxygens (including phenoxy) is 1. The van der Waals surface area contributed by atoms with Gasteiger partial charge in [0.1, 0.15) is 0 Å². The van der Waals surface area contributed by atoms with Crippen LogP contribution in [0.3, 0.4) is 0 Å². The van der Waals surface area contributed by atoms with Gasteiger partial charge in [0.05, 0.1) is 24.3 Å². The number of halogens is 2. The van der Waals surface area contributed by atoms with Crippen LogP contribution < -0.4 is 0 Å². The largest absolute Gasteiger partial charge is 0.374 e. The number of benzene rings is 1. The van der Waals surface area contributed by atoms with Crippen molar-refractivity contribution in [3.63, 3.8) is 0 Å². The molecule has 19 heavy (non-hydrogen) atoms. The molecule has 1 aromatic carbocycles. The third kappa shape index (κ3) is 2.12. The second-order valence-electron chi connectivity index (χ2n) is 5.01. The van der Waals surface area contributed by atoms with Gasteiger partial charge in [-0.3, -0.25) is 4.79 Å². The van der Waals surface area contributed by atoms with Crippen molar-refractivity contribution < 1.29 is 18.3 Å². The van der Waals surface area contributed by atoms with Crippen LogP contribution in [0, 0.1) is 11.6 Å². The molecule has 1 aliphatic carbocycles. The molecule has 2 atom stereocenters. The molecule has 1 heterocycles. The fourth-order valence-corrected chi connectivity index (χ4v) is 3.00. The minimum absolute atomic E-state index is 0.00363. The van der Waals surface area contributed by atoms with Gasteiger partial charge in [-0.15, -0.1) is 0 Å². The molecule has 1 aliphatic heterocycles. The van der Waals surface area contributed by atoms with E-state index in [0.717, 1.165) is 25.3 Å². The highest BCUT2D eigenvalue weighted by Gasteiger charge is 2.39. The van der Waals surface area contributed by atoms with E-state index in [-0.39, 0.29) is 17.7 Å². The Bertz CT molecular complexity index is 506. The smallest absolute Gasteiger partial charge is 0.257 e. The van der Waals surface area contributed by atoms with Crippen molar-refractivity contribution >= 4 is 5.91 Å². The monoisotopic (exact) mass is 267 g/mol. The predicted octanol–water partition coefficient (Wildman–Crippen LogP) is 2.36. The summed E-state index contributed by atoms with van der Waals surface area (Å²) < 4.78 is 32.5. The molecule has 1 amide bonds. The summed E-state index contributed by atoms with van der Waals surface area (Å²) in [6.07, 6.45) is 2.85. The molecule has 2 aliphatic rings. The highest BCUT2D eigenvalue weighted by Crippen LogP contribution is 2.31. The first-order valence-corrected chi connectivity index (χ1v) is 6.55. The molecule has 2 unspecified atom stereocenters. The Morgan fingerprint density at radius 1 is 1.32 bits per heavy atom. The molecule has 0 spiro atoms. The number of amides is 1. The highest BCUT2D eigenvalue weighted by molar-refractivity contribution is 5.94. The van der Waals surface area contributed by atoms with E-state index in [1.807, 2.05) is 0 Å². The summed E-state index contributed by atoms with van der Waals surface area (Å²) in [4.78, 5) is 14.0. The van der Waals surface area contributed by atoms with E-state index in [2.05, 4.69) is 0 Å². The molecule has 102 valence electrons. The molecule has 1 saturated heterocycles. The van der Waals surface area contributed by atoms with Crippen molar-refractivity contribution in [2.75, 3.05) is 13.2 Å². The SMILES string of the molecule is O=C(c1cccc(F)c1F)N1CCOC2CCCC21. The molecule has 3 nitrogen and oxygen atoms in total. The summed E-state index contributed by atoms with van der Waals surface area (Å²) in [5.41, 5.74) is -0.187. The molecule has 0 aromatic heterocycles. The van der Waals surface area contributed by atoms with E-state index < -0.39 is 17.5 Å². The quantitative estimate of drug-likeness (QED) is 0.781. The summed E-state index contributed by atoms with van der Waals surface area (Å²) in [5, 5.41) is 0. The van der Waals surface area contributed by atoms with Crippen molar-refractivity contribution in [1.82, 2.24) is 4.90 Å². The van der Waals surface area contributed by atoms with Crippen LogP contribution in [-0.4, -0.2) is 36.1 Å². The maximum Gasteiger partial charge on any atom is 0.257 e. The van der Waals surface area contributed by atoms with Gasteiger partial charge < -0.3 is 9.64 Å². The van der Waals surface area contributed by atoms with Gasteiger partial charge in [0.25, 0.3) is 5.91 Å². The number of rotatable bonds is 1. The van der Waals surface area contributed by atoms with Crippen LogP contribution in [0.25, 0.3) is 0 Å². The zero-order chi connectivity index (χ0) is 13.4. The van der Waals surface area contributed by atoms with E-state index in [1.54, 1.807) is 4.90 Å². The number of fused-ring (bicyclic) bond motifs is 1. The number of morpholine rings is 1. The second kappa shape index (κ2) is 4.89. The normalized spacial score (nSPS) is 26.3. The lowest BCUT2D eigenvalue weighted by molar-refractivity contribution is -0.0447. The van der Waals surface area contributed by atoms with Gasteiger partial charge in [0.2, 0.25) is 0 Å². The molecule has 3 rings (SSSR count). The Balaban J connectivity index is 1.88. The average molecular weight is 267 g/mol. The fraction of sp³-hybridized carbons (Fsp3) is 0.500. The van der Waals surface area contributed by atoms with Crippen LogP contribution in [0.2, 0.25) is 0 Å². The van der Waals surface area contributed by atoms with Crippen LogP contribution in [0.4, 0.5) is 8.78 Å². The first-order valence-electron chi connectivity index (χ1n) is 6.55. The van der Waals surface area contributed by atoms with Gasteiger partial charge in [-0.2, -0.15) is 0 Å². The number of hydrogen-bond donors (Lipinski definition) is 0. The Labute approximate surface area is 110 Å². The van der Waals surface area contributed by atoms with Crippen molar-refractivity contribution in [2.45, 2.75) is 31.4 Å². The van der Waals surface area contributed by atoms with E-state index >= 15 is 0 Å². The lowest BCUT2D eigenvalue weighted by Crippen LogP contribution is -2.51.